The summed E-state index contributed by atoms with van der Waals surface area (Å²) in [4.78, 5) is 14.2. The molecule has 0 saturated heterocycles. The fourth-order valence-corrected chi connectivity index (χ4v) is 2.25. The smallest absolute Gasteiger partial charge is 0.251 e. The normalized spacial score (nSPS) is 15.4. The molecular weight excluding hydrogens is 228 g/mol. The van der Waals surface area contributed by atoms with Crippen LogP contribution in [-0.4, -0.2) is 37.3 Å². The van der Waals surface area contributed by atoms with E-state index in [-0.39, 0.29) is 18.6 Å². The predicted molar refractivity (Wildman–Crippen MR) is 72.0 cm³/mol. The number of carbonyl (C=O) groups excluding carboxylic acids is 1. The van der Waals surface area contributed by atoms with Crippen molar-refractivity contribution in [1.29, 1.82) is 0 Å². The number of nitrogens with one attached hydrogen (secondary N) is 1. The summed E-state index contributed by atoms with van der Waals surface area (Å²) in [6.45, 7) is 2.93. The minimum atomic E-state index is -0.159. The molecule has 1 amide bonds. The molecule has 4 nitrogen and oxygen atoms in total. The fraction of sp³-hybridized carbons (Fsp3) is 0.500. The van der Waals surface area contributed by atoms with Gasteiger partial charge in [0.05, 0.1) is 12.6 Å². The summed E-state index contributed by atoms with van der Waals surface area (Å²) >= 11 is 0. The lowest BCUT2D eigenvalue weighted by atomic mass is 10.1. The van der Waals surface area contributed by atoms with Gasteiger partial charge in [0.1, 0.15) is 0 Å². The highest BCUT2D eigenvalue weighted by Crippen LogP contribution is 2.27. The Balaban J connectivity index is 2.12. The van der Waals surface area contributed by atoms with Crippen molar-refractivity contribution < 1.29 is 9.90 Å². The van der Waals surface area contributed by atoms with Gasteiger partial charge in [0.25, 0.3) is 5.91 Å². The second-order valence-electron chi connectivity index (χ2n) is 4.78. The summed E-state index contributed by atoms with van der Waals surface area (Å²) in [6, 6.07) is 5.64. The first kappa shape index (κ1) is 12.9. The predicted octanol–water partition coefficient (Wildman–Crippen LogP) is 1.18. The molecule has 0 radical (unpaired) electrons. The molecule has 18 heavy (non-hydrogen) atoms. The van der Waals surface area contributed by atoms with E-state index in [0.717, 1.165) is 19.4 Å². The topological polar surface area (TPSA) is 52.6 Å². The molecule has 0 aromatic heterocycles. The number of anilines is 1. The zero-order chi connectivity index (χ0) is 13.1. The maximum atomic E-state index is 12.0. The van der Waals surface area contributed by atoms with Crippen molar-refractivity contribution in [2.75, 3.05) is 25.1 Å². The lowest BCUT2D eigenvalue weighted by Gasteiger charge is -2.15. The second kappa shape index (κ2) is 5.40. The first-order valence-corrected chi connectivity index (χ1v) is 6.41. The number of aliphatic hydroxyl groups is 1. The lowest BCUT2D eigenvalue weighted by molar-refractivity contribution is 0.0915. The number of fused-ring (bicyclic) bond motifs is 1. The second-order valence-corrected chi connectivity index (χ2v) is 4.78. The van der Waals surface area contributed by atoms with Crippen molar-refractivity contribution in [1.82, 2.24) is 5.32 Å². The highest BCUT2D eigenvalue weighted by molar-refractivity contribution is 5.95. The Morgan fingerprint density at radius 2 is 2.33 bits per heavy atom. The molecule has 0 fully saturated rings. The van der Waals surface area contributed by atoms with Crippen LogP contribution in [0.4, 0.5) is 5.69 Å². The maximum absolute atomic E-state index is 12.0. The number of nitrogens with zero attached hydrogens (tertiary/aromatic N) is 1. The summed E-state index contributed by atoms with van der Waals surface area (Å²) in [5.41, 5.74) is 3.11. The van der Waals surface area contributed by atoms with Crippen LogP contribution in [0.1, 0.15) is 29.3 Å². The zero-order valence-electron chi connectivity index (χ0n) is 10.9. The Morgan fingerprint density at radius 1 is 1.56 bits per heavy atom. The van der Waals surface area contributed by atoms with E-state index in [0.29, 0.717) is 5.56 Å². The van der Waals surface area contributed by atoms with Gasteiger partial charge in [-0.1, -0.05) is 6.92 Å². The average Bonchev–Trinajstić information content (AvgIpc) is 2.77. The van der Waals surface area contributed by atoms with Crippen LogP contribution in [0, 0.1) is 0 Å². The third kappa shape index (κ3) is 2.48. The number of rotatable bonds is 4. The van der Waals surface area contributed by atoms with Gasteiger partial charge in [0.2, 0.25) is 0 Å². The van der Waals surface area contributed by atoms with E-state index >= 15 is 0 Å². The molecule has 1 aromatic rings. The van der Waals surface area contributed by atoms with Crippen molar-refractivity contribution in [3.8, 4) is 0 Å². The molecular formula is C14H20N2O2. The molecule has 0 bridgehead atoms. The first-order chi connectivity index (χ1) is 8.65. The molecule has 2 N–H and O–H groups in total. The van der Waals surface area contributed by atoms with Crippen LogP contribution in [0.5, 0.6) is 0 Å². The number of benzene rings is 1. The van der Waals surface area contributed by atoms with Gasteiger partial charge in [-0.15, -0.1) is 0 Å². The van der Waals surface area contributed by atoms with Crippen molar-refractivity contribution in [2.24, 2.45) is 0 Å². The summed E-state index contributed by atoms with van der Waals surface area (Å²) in [5, 5.41) is 11.9. The van der Waals surface area contributed by atoms with Crippen molar-refractivity contribution in [3.63, 3.8) is 0 Å². The molecule has 1 aromatic carbocycles. The van der Waals surface area contributed by atoms with Crippen LogP contribution in [0.15, 0.2) is 18.2 Å². The molecule has 98 valence electrons. The number of hydrogen-bond acceptors (Lipinski definition) is 3. The molecule has 1 unspecified atom stereocenters. The van der Waals surface area contributed by atoms with Crippen molar-refractivity contribution >= 4 is 11.6 Å². The first-order valence-electron chi connectivity index (χ1n) is 6.41. The van der Waals surface area contributed by atoms with Crippen LogP contribution in [-0.2, 0) is 6.42 Å². The van der Waals surface area contributed by atoms with E-state index < -0.39 is 0 Å². The molecule has 0 saturated carbocycles. The van der Waals surface area contributed by atoms with Crippen molar-refractivity contribution in [3.05, 3.63) is 29.3 Å². The van der Waals surface area contributed by atoms with E-state index in [2.05, 4.69) is 17.3 Å². The van der Waals surface area contributed by atoms with Gasteiger partial charge < -0.3 is 15.3 Å². The Bertz CT molecular complexity index is 441. The highest BCUT2D eigenvalue weighted by atomic mass is 16.3. The van der Waals surface area contributed by atoms with Crippen LogP contribution < -0.4 is 10.2 Å². The largest absolute Gasteiger partial charge is 0.394 e. The number of carbonyl (C=O) groups is 1. The minimum absolute atomic E-state index is 0.0179. The fourth-order valence-electron chi connectivity index (χ4n) is 2.25. The van der Waals surface area contributed by atoms with Gasteiger partial charge in [0, 0.05) is 24.8 Å². The number of likely N-dealkylation sites (N-methyl/N-ethyl adjacent to an activating group) is 1. The molecule has 0 aliphatic carbocycles. The molecule has 4 heteroatoms. The monoisotopic (exact) mass is 248 g/mol. The van der Waals surface area contributed by atoms with Gasteiger partial charge in [-0.3, -0.25) is 4.79 Å². The Labute approximate surface area is 108 Å². The standard InChI is InChI=1S/C14H20N2O2/c1-3-12(9-17)15-14(18)11-4-5-13-10(8-11)6-7-16(13)2/h4-5,8,12,17H,3,6-7,9H2,1-2H3,(H,15,18). The number of amides is 1. The molecule has 1 aliphatic heterocycles. The van der Waals surface area contributed by atoms with Gasteiger partial charge in [-0.25, -0.2) is 0 Å². The van der Waals surface area contributed by atoms with Crippen LogP contribution in [0.25, 0.3) is 0 Å². The minimum Gasteiger partial charge on any atom is -0.394 e. The Hall–Kier alpha value is -1.55. The van der Waals surface area contributed by atoms with Crippen LogP contribution in [0.2, 0.25) is 0 Å². The Morgan fingerprint density at radius 3 is 3.00 bits per heavy atom. The van der Waals surface area contributed by atoms with E-state index in [9.17, 15) is 4.79 Å². The van der Waals surface area contributed by atoms with Gasteiger partial charge in [-0.2, -0.15) is 0 Å². The summed E-state index contributed by atoms with van der Waals surface area (Å²) < 4.78 is 0. The molecule has 1 heterocycles. The summed E-state index contributed by atoms with van der Waals surface area (Å²) in [5.74, 6) is -0.103. The molecule has 1 atom stereocenters. The maximum Gasteiger partial charge on any atom is 0.251 e. The molecule has 1 aliphatic rings. The SMILES string of the molecule is CCC(CO)NC(=O)c1ccc2c(c1)CCN2C. The van der Waals surface area contributed by atoms with Crippen LogP contribution in [0.3, 0.4) is 0 Å². The molecule has 0 spiro atoms. The third-order valence-corrected chi connectivity index (χ3v) is 3.52. The van der Waals surface area contributed by atoms with Gasteiger partial charge >= 0.3 is 0 Å². The number of aliphatic hydroxyl groups excluding tert-OH is 1. The van der Waals surface area contributed by atoms with Gasteiger partial charge in [0.15, 0.2) is 0 Å². The highest BCUT2D eigenvalue weighted by Gasteiger charge is 2.18. The van der Waals surface area contributed by atoms with E-state index in [1.807, 2.05) is 25.1 Å². The van der Waals surface area contributed by atoms with Crippen LogP contribution >= 0.6 is 0 Å². The quantitative estimate of drug-likeness (QED) is 0.841. The Kier molecular flexibility index (Phi) is 3.87. The van der Waals surface area contributed by atoms with Gasteiger partial charge in [-0.05, 0) is 36.6 Å². The zero-order valence-corrected chi connectivity index (χ0v) is 10.9. The molecule has 2 rings (SSSR count). The summed E-state index contributed by atoms with van der Waals surface area (Å²) in [6.07, 6.45) is 1.72. The van der Waals surface area contributed by atoms with E-state index in [1.54, 1.807) is 0 Å². The third-order valence-electron chi connectivity index (χ3n) is 3.52. The van der Waals surface area contributed by atoms with Crippen molar-refractivity contribution in [2.45, 2.75) is 25.8 Å². The van der Waals surface area contributed by atoms with E-state index in [4.69, 9.17) is 5.11 Å². The lowest BCUT2D eigenvalue weighted by Crippen LogP contribution is -2.36. The van der Waals surface area contributed by atoms with E-state index in [1.165, 1.54) is 11.3 Å². The summed E-state index contributed by atoms with van der Waals surface area (Å²) in [7, 11) is 2.06. The number of hydrogen-bond donors (Lipinski definition) is 2. The average molecular weight is 248 g/mol.